The summed E-state index contributed by atoms with van der Waals surface area (Å²) < 4.78 is 28.4. The standard InChI is InChI=1S/C20H31N3O4S/c1-5-10-21-20(25)17(12-14(3)4)22-28(26,27)16-7-8-18-15(13-16)9-11-23(18)19(24)6-2/h7-8,13-14,17,22H,5-6,9-12H2,1-4H3,(H,21,25)/t17-/m1/s1. The van der Waals surface area contributed by atoms with Gasteiger partial charge in [0.05, 0.1) is 4.90 Å². The van der Waals surface area contributed by atoms with Crippen LogP contribution in [0.15, 0.2) is 23.1 Å². The van der Waals surface area contributed by atoms with Gasteiger partial charge in [0.2, 0.25) is 21.8 Å². The molecule has 1 aliphatic heterocycles. The number of anilines is 1. The molecule has 156 valence electrons. The van der Waals surface area contributed by atoms with Gasteiger partial charge in [0.1, 0.15) is 6.04 Å². The first-order chi connectivity index (χ1) is 13.2. The molecule has 0 aliphatic carbocycles. The van der Waals surface area contributed by atoms with Crippen LogP contribution in [0.3, 0.4) is 0 Å². The van der Waals surface area contributed by atoms with Crippen LogP contribution in [0, 0.1) is 5.92 Å². The quantitative estimate of drug-likeness (QED) is 0.654. The maximum atomic E-state index is 12.9. The molecule has 7 nitrogen and oxygen atoms in total. The molecule has 28 heavy (non-hydrogen) atoms. The van der Waals surface area contributed by atoms with E-state index in [-0.39, 0.29) is 22.6 Å². The smallest absolute Gasteiger partial charge is 0.241 e. The topological polar surface area (TPSA) is 95.6 Å². The summed E-state index contributed by atoms with van der Waals surface area (Å²) in [7, 11) is -3.85. The summed E-state index contributed by atoms with van der Waals surface area (Å²) in [6.07, 6.45) is 2.23. The predicted octanol–water partition coefficient (Wildman–Crippen LogP) is 2.20. The number of carbonyl (C=O) groups is 2. The number of hydrogen-bond donors (Lipinski definition) is 2. The fourth-order valence-corrected chi connectivity index (χ4v) is 4.56. The van der Waals surface area contributed by atoms with Crippen LogP contribution in [0.5, 0.6) is 0 Å². The highest BCUT2D eigenvalue weighted by atomic mass is 32.2. The van der Waals surface area contributed by atoms with E-state index in [1.807, 2.05) is 27.7 Å². The van der Waals surface area contributed by atoms with Crippen LogP contribution in [0.4, 0.5) is 5.69 Å². The molecule has 0 saturated heterocycles. The molecule has 0 saturated carbocycles. The molecule has 0 bridgehead atoms. The van der Waals surface area contributed by atoms with Crippen molar-refractivity contribution < 1.29 is 18.0 Å². The molecular weight excluding hydrogens is 378 g/mol. The van der Waals surface area contributed by atoms with E-state index in [0.717, 1.165) is 17.7 Å². The number of hydrogen-bond acceptors (Lipinski definition) is 4. The minimum Gasteiger partial charge on any atom is -0.355 e. The number of nitrogens with zero attached hydrogens (tertiary/aromatic N) is 1. The number of rotatable bonds is 9. The summed E-state index contributed by atoms with van der Waals surface area (Å²) in [5.41, 5.74) is 1.60. The second kappa shape index (κ2) is 9.52. The van der Waals surface area contributed by atoms with E-state index in [2.05, 4.69) is 10.0 Å². The van der Waals surface area contributed by atoms with E-state index in [4.69, 9.17) is 0 Å². The van der Waals surface area contributed by atoms with Crippen LogP contribution in [-0.4, -0.2) is 39.4 Å². The van der Waals surface area contributed by atoms with E-state index in [1.54, 1.807) is 17.0 Å². The Balaban J connectivity index is 2.23. The highest BCUT2D eigenvalue weighted by Crippen LogP contribution is 2.30. The zero-order chi connectivity index (χ0) is 20.9. The Bertz CT molecular complexity index is 821. The Hall–Kier alpha value is -1.93. The lowest BCUT2D eigenvalue weighted by atomic mass is 10.0. The van der Waals surface area contributed by atoms with E-state index in [9.17, 15) is 18.0 Å². The average Bonchev–Trinajstić information content (AvgIpc) is 3.07. The Morgan fingerprint density at radius 3 is 2.54 bits per heavy atom. The second-order valence-electron chi connectivity index (χ2n) is 7.53. The lowest BCUT2D eigenvalue weighted by Gasteiger charge is -2.20. The van der Waals surface area contributed by atoms with Crippen molar-refractivity contribution >= 4 is 27.5 Å². The van der Waals surface area contributed by atoms with Gasteiger partial charge in [0, 0.05) is 25.2 Å². The predicted molar refractivity (Wildman–Crippen MR) is 110 cm³/mol. The SMILES string of the molecule is CCCNC(=O)[C@@H](CC(C)C)NS(=O)(=O)c1ccc2c(c1)CCN2C(=O)CC. The van der Waals surface area contributed by atoms with Gasteiger partial charge < -0.3 is 10.2 Å². The van der Waals surface area contributed by atoms with Crippen molar-refractivity contribution in [1.82, 2.24) is 10.0 Å². The molecule has 1 atom stereocenters. The van der Waals surface area contributed by atoms with Gasteiger partial charge in [0.15, 0.2) is 0 Å². The molecule has 2 amide bonds. The molecule has 0 aromatic heterocycles. The van der Waals surface area contributed by atoms with Crippen LogP contribution in [0.25, 0.3) is 0 Å². The molecule has 1 aromatic carbocycles. The van der Waals surface area contributed by atoms with Crippen LogP contribution >= 0.6 is 0 Å². The molecule has 2 N–H and O–H groups in total. The van der Waals surface area contributed by atoms with Crippen LogP contribution < -0.4 is 14.9 Å². The van der Waals surface area contributed by atoms with Crippen LogP contribution in [0.1, 0.15) is 52.5 Å². The van der Waals surface area contributed by atoms with E-state index >= 15 is 0 Å². The Kier molecular flexibility index (Phi) is 7.60. The number of nitrogens with one attached hydrogen (secondary N) is 2. The van der Waals surface area contributed by atoms with Crippen molar-refractivity contribution in [1.29, 1.82) is 0 Å². The summed E-state index contributed by atoms with van der Waals surface area (Å²) in [5.74, 6) is -0.120. The summed E-state index contributed by atoms with van der Waals surface area (Å²) in [5, 5.41) is 2.77. The first kappa shape index (κ1) is 22.4. The molecule has 1 aliphatic rings. The third-order valence-electron chi connectivity index (χ3n) is 4.73. The number of carbonyl (C=O) groups excluding carboxylic acids is 2. The van der Waals surface area contributed by atoms with Crippen molar-refractivity contribution in [2.24, 2.45) is 5.92 Å². The zero-order valence-electron chi connectivity index (χ0n) is 17.1. The maximum absolute atomic E-state index is 12.9. The summed E-state index contributed by atoms with van der Waals surface area (Å²) in [6.45, 7) is 8.72. The van der Waals surface area contributed by atoms with Crippen molar-refractivity contribution in [2.45, 2.75) is 64.3 Å². The molecule has 8 heteroatoms. The summed E-state index contributed by atoms with van der Waals surface area (Å²) in [6, 6.07) is 3.97. The monoisotopic (exact) mass is 409 g/mol. The highest BCUT2D eigenvalue weighted by Gasteiger charge is 2.29. The molecule has 1 heterocycles. The Labute approximate surface area is 167 Å². The molecule has 0 unspecified atom stereocenters. The van der Waals surface area contributed by atoms with Crippen molar-refractivity contribution in [2.75, 3.05) is 18.0 Å². The molecule has 0 fully saturated rings. The van der Waals surface area contributed by atoms with E-state index < -0.39 is 16.1 Å². The minimum absolute atomic E-state index is 0.0251. The zero-order valence-corrected chi connectivity index (χ0v) is 17.9. The summed E-state index contributed by atoms with van der Waals surface area (Å²) >= 11 is 0. The van der Waals surface area contributed by atoms with Gasteiger partial charge in [-0.1, -0.05) is 27.7 Å². The number of benzene rings is 1. The maximum Gasteiger partial charge on any atom is 0.241 e. The molecule has 2 rings (SSSR count). The average molecular weight is 410 g/mol. The van der Waals surface area contributed by atoms with Crippen LogP contribution in [0.2, 0.25) is 0 Å². The fourth-order valence-electron chi connectivity index (χ4n) is 3.30. The van der Waals surface area contributed by atoms with Crippen LogP contribution in [-0.2, 0) is 26.0 Å². The molecule has 1 aromatic rings. The summed E-state index contributed by atoms with van der Waals surface area (Å²) in [4.78, 5) is 26.2. The molecular formula is C20H31N3O4S. The Morgan fingerprint density at radius 2 is 1.93 bits per heavy atom. The van der Waals surface area contributed by atoms with Crippen molar-refractivity contribution in [3.63, 3.8) is 0 Å². The van der Waals surface area contributed by atoms with Gasteiger partial charge >= 0.3 is 0 Å². The van der Waals surface area contributed by atoms with E-state index in [1.165, 1.54) is 6.07 Å². The lowest BCUT2D eigenvalue weighted by molar-refractivity contribution is -0.123. The number of amides is 2. The third-order valence-corrected chi connectivity index (χ3v) is 6.20. The molecule has 0 radical (unpaired) electrons. The van der Waals surface area contributed by atoms with Gasteiger partial charge in [0.25, 0.3) is 0 Å². The van der Waals surface area contributed by atoms with E-state index in [0.29, 0.717) is 32.4 Å². The largest absolute Gasteiger partial charge is 0.355 e. The Morgan fingerprint density at radius 1 is 1.21 bits per heavy atom. The third kappa shape index (κ3) is 5.32. The van der Waals surface area contributed by atoms with Gasteiger partial charge in [-0.3, -0.25) is 9.59 Å². The lowest BCUT2D eigenvalue weighted by Crippen LogP contribution is -2.47. The number of fused-ring (bicyclic) bond motifs is 1. The molecule has 0 spiro atoms. The second-order valence-corrected chi connectivity index (χ2v) is 9.25. The van der Waals surface area contributed by atoms with Crippen molar-refractivity contribution in [3.05, 3.63) is 23.8 Å². The minimum atomic E-state index is -3.85. The van der Waals surface area contributed by atoms with Gasteiger partial charge in [-0.25, -0.2) is 8.42 Å². The first-order valence-electron chi connectivity index (χ1n) is 9.92. The van der Waals surface area contributed by atoms with Gasteiger partial charge in [-0.05, 0) is 48.9 Å². The fraction of sp³-hybridized carbons (Fsp3) is 0.600. The highest BCUT2D eigenvalue weighted by molar-refractivity contribution is 7.89. The normalized spacial score (nSPS) is 14.8. The first-order valence-corrected chi connectivity index (χ1v) is 11.4. The van der Waals surface area contributed by atoms with Gasteiger partial charge in [-0.2, -0.15) is 4.72 Å². The van der Waals surface area contributed by atoms with Crippen molar-refractivity contribution in [3.8, 4) is 0 Å². The number of sulfonamides is 1. The van der Waals surface area contributed by atoms with Gasteiger partial charge in [-0.15, -0.1) is 0 Å².